The molecule has 0 bridgehead atoms. The van der Waals surface area contributed by atoms with E-state index in [0.717, 1.165) is 29.9 Å². The number of aromatic nitrogens is 4. The van der Waals surface area contributed by atoms with E-state index in [4.69, 9.17) is 0 Å². The first kappa shape index (κ1) is 21.5. The maximum absolute atomic E-state index is 13.0. The topological polar surface area (TPSA) is 116 Å². The molecule has 0 radical (unpaired) electrons. The number of amides is 2. The lowest BCUT2D eigenvalue weighted by Crippen LogP contribution is -2.47. The molecule has 0 aromatic carbocycles. The third-order valence-corrected chi connectivity index (χ3v) is 6.45. The van der Waals surface area contributed by atoms with Gasteiger partial charge in [0.2, 0.25) is 11.8 Å². The summed E-state index contributed by atoms with van der Waals surface area (Å²) >= 11 is 0. The molecule has 0 spiro atoms. The number of anilines is 1. The number of carbonyl (C=O) groups is 2. The van der Waals surface area contributed by atoms with Crippen LogP contribution in [0.3, 0.4) is 0 Å². The van der Waals surface area contributed by atoms with Gasteiger partial charge in [-0.05, 0) is 39.5 Å². The Bertz CT molecular complexity index is 983. The van der Waals surface area contributed by atoms with Crippen LogP contribution in [-0.2, 0) is 9.59 Å². The Morgan fingerprint density at radius 3 is 2.77 bits per heavy atom. The Kier molecular flexibility index (Phi) is 5.83. The Labute approximate surface area is 181 Å². The van der Waals surface area contributed by atoms with Gasteiger partial charge in [-0.3, -0.25) is 9.59 Å². The number of fused-ring (bicyclic) bond motifs is 1. The maximum Gasteiger partial charge on any atom is 0.254 e. The van der Waals surface area contributed by atoms with Crippen LogP contribution in [0.15, 0.2) is 6.33 Å². The van der Waals surface area contributed by atoms with Crippen LogP contribution in [0, 0.1) is 19.8 Å². The number of aliphatic hydroxyl groups is 1. The van der Waals surface area contributed by atoms with E-state index in [2.05, 4.69) is 25.3 Å². The van der Waals surface area contributed by atoms with Crippen molar-refractivity contribution >= 4 is 23.4 Å². The third-order valence-electron chi connectivity index (χ3n) is 6.45. The van der Waals surface area contributed by atoms with Crippen LogP contribution in [0.5, 0.6) is 0 Å². The Morgan fingerprint density at radius 1 is 1.26 bits per heavy atom. The minimum absolute atomic E-state index is 0.0814. The zero-order valence-electron chi connectivity index (χ0n) is 18.5. The van der Waals surface area contributed by atoms with Crippen LogP contribution in [-0.4, -0.2) is 79.7 Å². The lowest BCUT2D eigenvalue weighted by atomic mass is 9.95. The van der Waals surface area contributed by atoms with Crippen molar-refractivity contribution in [2.75, 3.05) is 37.6 Å². The fraction of sp³-hybridized carbons (Fsp3) is 0.667. The molecule has 1 atom stereocenters. The van der Waals surface area contributed by atoms with E-state index in [9.17, 15) is 14.7 Å². The van der Waals surface area contributed by atoms with Gasteiger partial charge >= 0.3 is 0 Å². The molecule has 2 aromatic rings. The molecule has 10 nitrogen and oxygen atoms in total. The van der Waals surface area contributed by atoms with E-state index in [0.29, 0.717) is 38.5 Å². The lowest BCUT2D eigenvalue weighted by molar-refractivity contribution is -0.137. The summed E-state index contributed by atoms with van der Waals surface area (Å²) in [6.45, 7) is 8.13. The number of rotatable bonds is 4. The number of nitrogens with one attached hydrogen (secondary N) is 1. The molecule has 1 aliphatic carbocycles. The summed E-state index contributed by atoms with van der Waals surface area (Å²) in [5, 5.41) is 17.9. The van der Waals surface area contributed by atoms with Crippen molar-refractivity contribution < 1.29 is 14.7 Å². The van der Waals surface area contributed by atoms with Crippen LogP contribution in [0.4, 0.5) is 5.82 Å². The van der Waals surface area contributed by atoms with E-state index < -0.39 is 5.60 Å². The number of nitrogens with zero attached hydrogens (tertiary/aromatic N) is 6. The van der Waals surface area contributed by atoms with Gasteiger partial charge in [-0.25, -0.2) is 4.98 Å². The van der Waals surface area contributed by atoms with Crippen molar-refractivity contribution in [3.05, 3.63) is 17.6 Å². The van der Waals surface area contributed by atoms with E-state index >= 15 is 0 Å². The van der Waals surface area contributed by atoms with Crippen LogP contribution < -0.4 is 10.2 Å². The summed E-state index contributed by atoms with van der Waals surface area (Å²) < 4.78 is 1.71. The SMILES string of the molecule is Cc1nc2ncnn2c(N2CCNC(=O)CCN(C(=O)CC(C)(O)C3CC3)CC2)c1C. The van der Waals surface area contributed by atoms with E-state index in [1.165, 1.54) is 6.33 Å². The fourth-order valence-electron chi connectivity index (χ4n) is 4.24. The monoisotopic (exact) mass is 429 g/mol. The molecule has 10 heteroatoms. The summed E-state index contributed by atoms with van der Waals surface area (Å²) in [5.41, 5.74) is 0.862. The van der Waals surface area contributed by atoms with Crippen molar-refractivity contribution in [3.63, 3.8) is 0 Å². The third kappa shape index (κ3) is 4.63. The predicted molar refractivity (Wildman–Crippen MR) is 115 cm³/mol. The van der Waals surface area contributed by atoms with Gasteiger partial charge in [-0.15, -0.1) is 0 Å². The minimum atomic E-state index is -0.986. The van der Waals surface area contributed by atoms with Crippen molar-refractivity contribution in [1.82, 2.24) is 29.8 Å². The molecule has 1 unspecified atom stereocenters. The molecule has 3 heterocycles. The zero-order chi connectivity index (χ0) is 22.2. The molecule has 2 fully saturated rings. The van der Waals surface area contributed by atoms with Crippen LogP contribution >= 0.6 is 0 Å². The first-order chi connectivity index (χ1) is 14.8. The standard InChI is InChI=1S/C21H31N7O3/c1-14-15(2)25-20-23-13-24-28(20)19(14)27-9-7-22-17(29)6-8-26(10-11-27)18(30)12-21(3,31)16-4-5-16/h13,16,31H,4-12H2,1-3H3,(H,22,29). The zero-order valence-corrected chi connectivity index (χ0v) is 18.5. The molecule has 1 saturated heterocycles. The van der Waals surface area contributed by atoms with Crippen molar-refractivity contribution in [2.45, 2.75) is 52.1 Å². The van der Waals surface area contributed by atoms with Gasteiger partial charge in [0.25, 0.3) is 5.78 Å². The second-order valence-electron chi connectivity index (χ2n) is 8.89. The summed E-state index contributed by atoms with van der Waals surface area (Å²) in [7, 11) is 0. The minimum Gasteiger partial charge on any atom is -0.389 e. The molecule has 1 saturated carbocycles. The van der Waals surface area contributed by atoms with Crippen LogP contribution in [0.1, 0.15) is 43.9 Å². The second-order valence-corrected chi connectivity index (χ2v) is 8.89. The van der Waals surface area contributed by atoms with Crippen molar-refractivity contribution in [1.29, 1.82) is 0 Å². The molecule has 2 aliphatic rings. The highest BCUT2D eigenvalue weighted by Gasteiger charge is 2.42. The summed E-state index contributed by atoms with van der Waals surface area (Å²) in [6.07, 6.45) is 3.75. The predicted octanol–water partition coefficient (Wildman–Crippen LogP) is 0.447. The molecular weight excluding hydrogens is 398 g/mol. The molecule has 4 rings (SSSR count). The van der Waals surface area contributed by atoms with Gasteiger partial charge in [0, 0.05) is 50.4 Å². The highest BCUT2D eigenvalue weighted by molar-refractivity contribution is 5.80. The van der Waals surface area contributed by atoms with Crippen molar-refractivity contribution in [3.8, 4) is 0 Å². The first-order valence-corrected chi connectivity index (χ1v) is 10.9. The Hall–Kier alpha value is -2.75. The second kappa shape index (κ2) is 8.41. The Balaban J connectivity index is 1.58. The molecule has 168 valence electrons. The number of carbonyl (C=O) groups excluding carboxylic acids is 2. The smallest absolute Gasteiger partial charge is 0.254 e. The maximum atomic E-state index is 13.0. The summed E-state index contributed by atoms with van der Waals surface area (Å²) in [6, 6.07) is 0. The highest BCUT2D eigenvalue weighted by atomic mass is 16.3. The Morgan fingerprint density at radius 2 is 2.03 bits per heavy atom. The quantitative estimate of drug-likeness (QED) is 0.725. The van der Waals surface area contributed by atoms with Crippen LogP contribution in [0.25, 0.3) is 5.78 Å². The van der Waals surface area contributed by atoms with E-state index in [1.54, 1.807) is 16.3 Å². The largest absolute Gasteiger partial charge is 0.389 e. The van der Waals surface area contributed by atoms with E-state index in [-0.39, 0.29) is 30.6 Å². The average Bonchev–Trinajstić information content (AvgIpc) is 3.48. The summed E-state index contributed by atoms with van der Waals surface area (Å²) in [4.78, 5) is 37.8. The molecule has 2 N–H and O–H groups in total. The average molecular weight is 430 g/mol. The van der Waals surface area contributed by atoms with Gasteiger partial charge in [-0.2, -0.15) is 14.6 Å². The molecular formula is C21H31N7O3. The molecule has 1 aliphatic heterocycles. The van der Waals surface area contributed by atoms with Gasteiger partial charge < -0.3 is 20.2 Å². The fourth-order valence-corrected chi connectivity index (χ4v) is 4.24. The lowest BCUT2D eigenvalue weighted by Gasteiger charge is -2.33. The number of hydrogen-bond donors (Lipinski definition) is 2. The van der Waals surface area contributed by atoms with Gasteiger partial charge in [0.05, 0.1) is 12.0 Å². The molecule has 2 aromatic heterocycles. The van der Waals surface area contributed by atoms with E-state index in [1.807, 2.05) is 13.8 Å². The van der Waals surface area contributed by atoms with Crippen LogP contribution in [0.2, 0.25) is 0 Å². The molecule has 2 amide bonds. The van der Waals surface area contributed by atoms with Crippen molar-refractivity contribution in [2.24, 2.45) is 5.92 Å². The number of hydrogen-bond acceptors (Lipinski definition) is 7. The first-order valence-electron chi connectivity index (χ1n) is 10.9. The molecule has 31 heavy (non-hydrogen) atoms. The van der Waals surface area contributed by atoms with Gasteiger partial charge in [0.15, 0.2) is 0 Å². The van der Waals surface area contributed by atoms with Gasteiger partial charge in [-0.1, -0.05) is 0 Å². The number of aryl methyl sites for hydroxylation is 1. The highest BCUT2D eigenvalue weighted by Crippen LogP contribution is 2.41. The summed E-state index contributed by atoms with van der Waals surface area (Å²) in [5.74, 6) is 1.39. The normalized spacial score (nSPS) is 20.5. The van der Waals surface area contributed by atoms with Gasteiger partial charge in [0.1, 0.15) is 12.1 Å².